The topological polar surface area (TPSA) is 23.6 Å². The van der Waals surface area contributed by atoms with Crippen LogP contribution in [0, 0.1) is 5.92 Å². The van der Waals surface area contributed by atoms with Crippen molar-refractivity contribution in [3.8, 4) is 0 Å². The van der Waals surface area contributed by atoms with Gasteiger partial charge in [0, 0.05) is 32.7 Å². The molecule has 0 spiro atoms. The fourth-order valence-corrected chi connectivity index (χ4v) is 2.95. The molecule has 1 aliphatic heterocycles. The van der Waals surface area contributed by atoms with E-state index in [1.54, 1.807) is 12.1 Å². The highest BCUT2D eigenvalue weighted by Crippen LogP contribution is 2.23. The lowest BCUT2D eigenvalue weighted by Crippen LogP contribution is -2.49. The van der Waals surface area contributed by atoms with Crippen molar-refractivity contribution in [2.75, 3.05) is 32.7 Å². The van der Waals surface area contributed by atoms with Crippen LogP contribution >= 0.6 is 23.2 Å². The number of benzene rings is 1. The first-order chi connectivity index (χ1) is 9.95. The minimum absolute atomic E-state index is 0.164. The third-order valence-corrected chi connectivity index (χ3v) is 4.43. The summed E-state index contributed by atoms with van der Waals surface area (Å²) in [6.45, 7) is 9.11. The van der Waals surface area contributed by atoms with Gasteiger partial charge in [-0.2, -0.15) is 0 Å². The molecule has 0 aliphatic carbocycles. The minimum atomic E-state index is 0.164. The van der Waals surface area contributed by atoms with Gasteiger partial charge in [-0.1, -0.05) is 43.1 Å². The molecule has 0 bridgehead atoms. The van der Waals surface area contributed by atoms with E-state index in [4.69, 9.17) is 23.2 Å². The first kappa shape index (κ1) is 16.6. The normalized spacial score (nSPS) is 16.5. The fourth-order valence-electron chi connectivity index (χ4n) is 2.63. The second-order valence-electron chi connectivity index (χ2n) is 6.00. The first-order valence-electron chi connectivity index (χ1n) is 7.39. The summed E-state index contributed by atoms with van der Waals surface area (Å²) in [7, 11) is 0. The summed E-state index contributed by atoms with van der Waals surface area (Å²) in [5, 5.41) is 1.03. The van der Waals surface area contributed by atoms with Crippen molar-refractivity contribution in [2.45, 2.75) is 20.3 Å². The number of carbonyl (C=O) groups is 1. The monoisotopic (exact) mass is 328 g/mol. The van der Waals surface area contributed by atoms with Gasteiger partial charge >= 0.3 is 0 Å². The summed E-state index contributed by atoms with van der Waals surface area (Å²) < 4.78 is 0. The number of hydrogen-bond acceptors (Lipinski definition) is 2. The summed E-state index contributed by atoms with van der Waals surface area (Å²) in [5.74, 6) is 0.834. The first-order valence-corrected chi connectivity index (χ1v) is 8.15. The van der Waals surface area contributed by atoms with Gasteiger partial charge in [-0.15, -0.1) is 0 Å². The van der Waals surface area contributed by atoms with E-state index < -0.39 is 0 Å². The Morgan fingerprint density at radius 1 is 1.14 bits per heavy atom. The lowest BCUT2D eigenvalue weighted by atomic mass is 10.1. The van der Waals surface area contributed by atoms with E-state index >= 15 is 0 Å². The number of carbonyl (C=O) groups excluding carboxylic acids is 1. The number of hydrogen-bond donors (Lipinski definition) is 0. The van der Waals surface area contributed by atoms with Crippen molar-refractivity contribution in [3.05, 3.63) is 33.8 Å². The highest BCUT2D eigenvalue weighted by molar-refractivity contribution is 6.42. The predicted molar refractivity (Wildman–Crippen MR) is 88.0 cm³/mol. The zero-order valence-corrected chi connectivity index (χ0v) is 14.1. The van der Waals surface area contributed by atoms with Crippen LogP contribution in [-0.4, -0.2) is 48.4 Å². The molecule has 2 rings (SSSR count). The Morgan fingerprint density at radius 2 is 1.81 bits per heavy atom. The van der Waals surface area contributed by atoms with Crippen molar-refractivity contribution < 1.29 is 4.79 Å². The van der Waals surface area contributed by atoms with E-state index in [2.05, 4.69) is 18.7 Å². The molecule has 1 aliphatic rings. The van der Waals surface area contributed by atoms with Crippen LogP contribution < -0.4 is 0 Å². The molecule has 0 aromatic heterocycles. The minimum Gasteiger partial charge on any atom is -0.340 e. The molecule has 0 N–H and O–H groups in total. The lowest BCUT2D eigenvalue weighted by molar-refractivity contribution is -0.132. The second-order valence-corrected chi connectivity index (χ2v) is 6.81. The number of piperazine rings is 1. The van der Waals surface area contributed by atoms with Crippen LogP contribution in [0.4, 0.5) is 0 Å². The summed E-state index contributed by atoms with van der Waals surface area (Å²) in [6.07, 6.45) is 0.390. The van der Waals surface area contributed by atoms with Crippen molar-refractivity contribution >= 4 is 29.1 Å². The molecule has 116 valence electrons. The molecule has 0 saturated carbocycles. The molecule has 0 radical (unpaired) electrons. The highest BCUT2D eigenvalue weighted by Gasteiger charge is 2.21. The van der Waals surface area contributed by atoms with E-state index in [9.17, 15) is 4.79 Å². The molecule has 1 fully saturated rings. The largest absolute Gasteiger partial charge is 0.340 e. The van der Waals surface area contributed by atoms with Crippen LogP contribution in [0.15, 0.2) is 18.2 Å². The van der Waals surface area contributed by atoms with Crippen molar-refractivity contribution in [1.82, 2.24) is 9.80 Å². The van der Waals surface area contributed by atoms with E-state index in [0.717, 1.165) is 38.3 Å². The Labute approximate surface area is 136 Å². The molecule has 3 nitrogen and oxygen atoms in total. The van der Waals surface area contributed by atoms with Gasteiger partial charge < -0.3 is 4.90 Å². The van der Waals surface area contributed by atoms with Gasteiger partial charge in [0.15, 0.2) is 0 Å². The van der Waals surface area contributed by atoms with E-state index in [1.165, 1.54) is 0 Å². The maximum absolute atomic E-state index is 12.3. The van der Waals surface area contributed by atoms with E-state index in [-0.39, 0.29) is 5.91 Å². The van der Waals surface area contributed by atoms with Crippen LogP contribution in [0.2, 0.25) is 10.0 Å². The van der Waals surface area contributed by atoms with Crippen LogP contribution in [0.5, 0.6) is 0 Å². The molecule has 1 aromatic rings. The molecular weight excluding hydrogens is 307 g/mol. The van der Waals surface area contributed by atoms with E-state index in [1.807, 2.05) is 11.0 Å². The summed E-state index contributed by atoms with van der Waals surface area (Å²) in [6, 6.07) is 5.38. The van der Waals surface area contributed by atoms with Crippen molar-refractivity contribution in [1.29, 1.82) is 0 Å². The van der Waals surface area contributed by atoms with Crippen molar-refractivity contribution in [3.63, 3.8) is 0 Å². The maximum atomic E-state index is 12.3. The fraction of sp³-hybridized carbons (Fsp3) is 0.562. The SMILES string of the molecule is CC(C)CN1CCN(C(=O)Cc2ccc(Cl)c(Cl)c2)CC1. The van der Waals surface area contributed by atoms with Gasteiger partial charge in [-0.25, -0.2) is 0 Å². The molecule has 1 aromatic carbocycles. The van der Waals surface area contributed by atoms with Crippen LogP contribution in [0.25, 0.3) is 0 Å². The van der Waals surface area contributed by atoms with Gasteiger partial charge in [0.1, 0.15) is 0 Å². The summed E-state index contributed by atoms with van der Waals surface area (Å²) in [5.41, 5.74) is 0.916. The lowest BCUT2D eigenvalue weighted by Gasteiger charge is -2.35. The molecule has 5 heteroatoms. The standard InChI is InChI=1S/C16H22Cl2N2O/c1-12(2)11-19-5-7-20(8-6-19)16(21)10-13-3-4-14(17)15(18)9-13/h3-4,9,12H,5-8,10-11H2,1-2H3. The molecule has 1 amide bonds. The third kappa shape index (κ3) is 4.87. The van der Waals surface area contributed by atoms with Gasteiger partial charge in [0.2, 0.25) is 5.91 Å². The number of nitrogens with zero attached hydrogens (tertiary/aromatic N) is 2. The van der Waals surface area contributed by atoms with Crippen LogP contribution in [0.1, 0.15) is 19.4 Å². The van der Waals surface area contributed by atoms with Crippen molar-refractivity contribution in [2.24, 2.45) is 5.92 Å². The Morgan fingerprint density at radius 3 is 2.38 bits per heavy atom. The van der Waals surface area contributed by atoms with Crippen LogP contribution in [-0.2, 0) is 11.2 Å². The second kappa shape index (κ2) is 7.48. The maximum Gasteiger partial charge on any atom is 0.227 e. The molecule has 1 heterocycles. The number of amides is 1. The number of rotatable bonds is 4. The molecule has 1 saturated heterocycles. The Bertz CT molecular complexity index is 497. The Hall–Kier alpha value is -0.770. The number of halogens is 2. The Kier molecular flexibility index (Phi) is 5.91. The quantitative estimate of drug-likeness (QED) is 0.846. The Balaban J connectivity index is 1.86. The van der Waals surface area contributed by atoms with Gasteiger partial charge in [-0.05, 0) is 23.6 Å². The molecule has 0 unspecified atom stereocenters. The van der Waals surface area contributed by atoms with Crippen LogP contribution in [0.3, 0.4) is 0 Å². The molecule has 0 atom stereocenters. The highest BCUT2D eigenvalue weighted by atomic mass is 35.5. The van der Waals surface area contributed by atoms with E-state index in [0.29, 0.717) is 22.4 Å². The van der Waals surface area contributed by atoms with Gasteiger partial charge in [-0.3, -0.25) is 9.69 Å². The van der Waals surface area contributed by atoms with Gasteiger partial charge in [0.25, 0.3) is 0 Å². The molecule has 21 heavy (non-hydrogen) atoms. The smallest absolute Gasteiger partial charge is 0.227 e. The zero-order chi connectivity index (χ0) is 15.4. The predicted octanol–water partition coefficient (Wildman–Crippen LogP) is 3.34. The average molecular weight is 329 g/mol. The summed E-state index contributed by atoms with van der Waals surface area (Å²) in [4.78, 5) is 16.7. The zero-order valence-electron chi connectivity index (χ0n) is 12.6. The van der Waals surface area contributed by atoms with Gasteiger partial charge in [0.05, 0.1) is 16.5 Å². The molecular formula is C16H22Cl2N2O. The average Bonchev–Trinajstić information content (AvgIpc) is 2.43. The summed E-state index contributed by atoms with van der Waals surface area (Å²) >= 11 is 11.9. The third-order valence-electron chi connectivity index (χ3n) is 3.69.